The van der Waals surface area contributed by atoms with Crippen LogP contribution in [0.25, 0.3) is 0 Å². The van der Waals surface area contributed by atoms with E-state index in [1.807, 2.05) is 45.2 Å². The number of aryl methyl sites for hydroxylation is 2. The summed E-state index contributed by atoms with van der Waals surface area (Å²) in [6.07, 6.45) is 0. The Morgan fingerprint density at radius 1 is 1.14 bits per heavy atom. The molecule has 8 heteroatoms. The summed E-state index contributed by atoms with van der Waals surface area (Å²) in [5, 5.41) is 8.06. The van der Waals surface area contributed by atoms with Crippen LogP contribution in [0.4, 0.5) is 5.69 Å². The van der Waals surface area contributed by atoms with Gasteiger partial charge in [-0.05, 0) is 38.1 Å². The van der Waals surface area contributed by atoms with Gasteiger partial charge in [0.15, 0.2) is 0 Å². The summed E-state index contributed by atoms with van der Waals surface area (Å²) < 4.78 is 7.55. The maximum atomic E-state index is 12.4. The number of nitrogens with one attached hydrogen (secondary N) is 1. The molecule has 7 nitrogen and oxygen atoms in total. The molecule has 1 aromatic carbocycles. The van der Waals surface area contributed by atoms with Gasteiger partial charge in [0.2, 0.25) is 5.91 Å². The molecule has 1 saturated heterocycles. The Hall–Kier alpha value is -2.09. The fraction of sp³-hybridized carbons (Fsp3) is 0.500. The van der Waals surface area contributed by atoms with Crippen LogP contribution < -0.4 is 10.1 Å². The number of piperazine rings is 1. The van der Waals surface area contributed by atoms with Gasteiger partial charge in [0, 0.05) is 44.8 Å². The first-order valence-electron chi connectivity index (χ1n) is 9.55. The van der Waals surface area contributed by atoms with E-state index in [0.29, 0.717) is 18.2 Å². The summed E-state index contributed by atoms with van der Waals surface area (Å²) in [5.41, 5.74) is 2.64. The monoisotopic (exact) mass is 405 g/mol. The zero-order valence-electron chi connectivity index (χ0n) is 16.7. The molecule has 0 bridgehead atoms. The van der Waals surface area contributed by atoms with E-state index in [0.717, 1.165) is 55.5 Å². The molecular weight excluding hydrogens is 378 g/mol. The number of anilines is 1. The molecule has 0 radical (unpaired) electrons. The van der Waals surface area contributed by atoms with Crippen LogP contribution in [0.15, 0.2) is 24.3 Å². The third-order valence-corrected chi connectivity index (χ3v) is 5.35. The molecule has 0 aliphatic carbocycles. The average Bonchev–Trinajstić information content (AvgIpc) is 2.91. The highest BCUT2D eigenvalue weighted by Gasteiger charge is 2.20. The molecule has 0 atom stereocenters. The third-order valence-electron chi connectivity index (χ3n) is 5.10. The second-order valence-electron chi connectivity index (χ2n) is 7.14. The highest BCUT2D eigenvalue weighted by molar-refractivity contribution is 6.30. The maximum Gasteiger partial charge on any atom is 0.238 e. The minimum atomic E-state index is 0.0127. The van der Waals surface area contributed by atoms with Gasteiger partial charge in [0.1, 0.15) is 12.4 Å². The predicted molar refractivity (Wildman–Crippen MR) is 111 cm³/mol. The quantitative estimate of drug-likeness (QED) is 0.766. The molecule has 152 valence electrons. The number of ether oxygens (including phenoxy) is 1. The van der Waals surface area contributed by atoms with E-state index in [-0.39, 0.29) is 5.91 Å². The van der Waals surface area contributed by atoms with Gasteiger partial charge in [-0.2, -0.15) is 5.10 Å². The summed E-state index contributed by atoms with van der Waals surface area (Å²) in [6, 6.07) is 7.42. The second-order valence-corrected chi connectivity index (χ2v) is 7.57. The third kappa shape index (κ3) is 5.47. The molecule has 2 heterocycles. The number of carbonyl (C=O) groups excluding carboxylic acids is 1. The molecule has 2 aromatic rings. The Morgan fingerprint density at radius 3 is 2.39 bits per heavy atom. The molecule has 3 rings (SSSR count). The minimum absolute atomic E-state index is 0.0127. The van der Waals surface area contributed by atoms with Gasteiger partial charge >= 0.3 is 0 Å². The Kier molecular flexibility index (Phi) is 6.93. The fourth-order valence-electron chi connectivity index (χ4n) is 3.33. The first-order valence-corrected chi connectivity index (χ1v) is 9.93. The number of carbonyl (C=O) groups is 1. The Labute approximate surface area is 171 Å². The number of nitrogens with zero attached hydrogens (tertiary/aromatic N) is 4. The molecule has 1 fully saturated rings. The Morgan fingerprint density at radius 2 is 1.79 bits per heavy atom. The SMILES string of the molecule is Cc1nn(C)c(C)c1NC(=O)CN1CCN(CCOc2ccc(Cl)cc2)CC1. The smallest absolute Gasteiger partial charge is 0.238 e. The molecule has 0 saturated carbocycles. The van der Waals surface area contributed by atoms with Gasteiger partial charge < -0.3 is 10.1 Å². The molecule has 0 spiro atoms. The van der Waals surface area contributed by atoms with Crippen LogP contribution in [0.3, 0.4) is 0 Å². The lowest BCUT2D eigenvalue weighted by molar-refractivity contribution is -0.117. The molecule has 0 unspecified atom stereocenters. The normalized spacial score (nSPS) is 15.6. The summed E-state index contributed by atoms with van der Waals surface area (Å²) in [6.45, 7) is 9.40. The summed E-state index contributed by atoms with van der Waals surface area (Å²) >= 11 is 5.88. The summed E-state index contributed by atoms with van der Waals surface area (Å²) in [5.74, 6) is 0.847. The van der Waals surface area contributed by atoms with Gasteiger partial charge in [-0.3, -0.25) is 19.3 Å². The van der Waals surface area contributed by atoms with E-state index in [2.05, 4.69) is 20.2 Å². The van der Waals surface area contributed by atoms with Gasteiger partial charge in [-0.25, -0.2) is 0 Å². The highest BCUT2D eigenvalue weighted by atomic mass is 35.5. The number of benzene rings is 1. The van der Waals surface area contributed by atoms with Crippen molar-refractivity contribution < 1.29 is 9.53 Å². The topological polar surface area (TPSA) is 62.6 Å². The summed E-state index contributed by atoms with van der Waals surface area (Å²) in [4.78, 5) is 16.9. The average molecular weight is 406 g/mol. The van der Waals surface area contributed by atoms with Gasteiger partial charge in [-0.15, -0.1) is 0 Å². The van der Waals surface area contributed by atoms with Crippen molar-refractivity contribution in [3.63, 3.8) is 0 Å². The van der Waals surface area contributed by atoms with Crippen molar-refractivity contribution in [2.75, 3.05) is 51.2 Å². The van der Waals surface area contributed by atoms with Crippen LogP contribution >= 0.6 is 11.6 Å². The van der Waals surface area contributed by atoms with Crippen molar-refractivity contribution >= 4 is 23.2 Å². The van der Waals surface area contributed by atoms with Crippen molar-refractivity contribution in [3.05, 3.63) is 40.7 Å². The predicted octanol–water partition coefficient (Wildman–Crippen LogP) is 2.33. The van der Waals surface area contributed by atoms with E-state index in [9.17, 15) is 4.79 Å². The molecular formula is C20H28ClN5O2. The Bertz CT molecular complexity index is 798. The van der Waals surface area contributed by atoms with E-state index in [1.54, 1.807) is 4.68 Å². The lowest BCUT2D eigenvalue weighted by atomic mass is 10.3. The first-order chi connectivity index (χ1) is 13.4. The van der Waals surface area contributed by atoms with Gasteiger partial charge in [-0.1, -0.05) is 11.6 Å². The number of amides is 1. The van der Waals surface area contributed by atoms with Gasteiger partial charge in [0.05, 0.1) is 23.6 Å². The van der Waals surface area contributed by atoms with Crippen molar-refractivity contribution in [2.45, 2.75) is 13.8 Å². The number of halogens is 1. The van der Waals surface area contributed by atoms with E-state index in [1.165, 1.54) is 0 Å². The van der Waals surface area contributed by atoms with Crippen LogP contribution in [0.1, 0.15) is 11.4 Å². The van der Waals surface area contributed by atoms with Crippen LogP contribution in [-0.2, 0) is 11.8 Å². The molecule has 1 N–H and O–H groups in total. The molecule has 28 heavy (non-hydrogen) atoms. The molecule has 1 aliphatic heterocycles. The zero-order valence-corrected chi connectivity index (χ0v) is 17.5. The largest absolute Gasteiger partial charge is 0.492 e. The van der Waals surface area contributed by atoms with Crippen molar-refractivity contribution in [3.8, 4) is 5.75 Å². The van der Waals surface area contributed by atoms with Crippen molar-refractivity contribution in [2.24, 2.45) is 7.05 Å². The van der Waals surface area contributed by atoms with Crippen LogP contribution in [0, 0.1) is 13.8 Å². The lowest BCUT2D eigenvalue weighted by Gasteiger charge is -2.34. The van der Waals surface area contributed by atoms with Gasteiger partial charge in [0.25, 0.3) is 0 Å². The van der Waals surface area contributed by atoms with Crippen LogP contribution in [0.5, 0.6) is 5.75 Å². The van der Waals surface area contributed by atoms with E-state index in [4.69, 9.17) is 16.3 Å². The summed E-state index contributed by atoms with van der Waals surface area (Å²) in [7, 11) is 1.88. The minimum Gasteiger partial charge on any atom is -0.492 e. The zero-order chi connectivity index (χ0) is 20.1. The lowest BCUT2D eigenvalue weighted by Crippen LogP contribution is -2.49. The van der Waals surface area contributed by atoms with Crippen molar-refractivity contribution in [1.82, 2.24) is 19.6 Å². The van der Waals surface area contributed by atoms with E-state index >= 15 is 0 Å². The van der Waals surface area contributed by atoms with Crippen molar-refractivity contribution in [1.29, 1.82) is 0 Å². The fourth-order valence-corrected chi connectivity index (χ4v) is 3.46. The first kappa shape index (κ1) is 20.6. The maximum absolute atomic E-state index is 12.4. The molecule has 1 aliphatic rings. The van der Waals surface area contributed by atoms with Crippen LogP contribution in [-0.4, -0.2) is 71.4 Å². The van der Waals surface area contributed by atoms with Crippen LogP contribution in [0.2, 0.25) is 5.02 Å². The number of aromatic nitrogens is 2. The Balaban J connectivity index is 1.36. The highest BCUT2D eigenvalue weighted by Crippen LogP contribution is 2.18. The number of rotatable bonds is 7. The standard InChI is InChI=1S/C20H28ClN5O2/c1-15-20(16(2)24(3)23-15)22-19(27)14-26-10-8-25(9-11-26)12-13-28-18-6-4-17(21)5-7-18/h4-7H,8-14H2,1-3H3,(H,22,27). The molecule has 1 aromatic heterocycles. The van der Waals surface area contributed by atoms with E-state index < -0.39 is 0 Å². The number of hydrogen-bond acceptors (Lipinski definition) is 5. The second kappa shape index (κ2) is 9.41. The molecule has 1 amide bonds. The number of hydrogen-bond donors (Lipinski definition) is 1.